The molecule has 33 heavy (non-hydrogen) atoms. The fourth-order valence-electron chi connectivity index (χ4n) is 4.94. The molecule has 2 aliphatic heterocycles. The number of aromatic amines is 1. The molecule has 3 atom stereocenters. The number of hydrogen-bond donors (Lipinski definition) is 2. The second kappa shape index (κ2) is 8.06. The zero-order valence-electron chi connectivity index (χ0n) is 17.2. The molecular formula is C23H19ClF4N4O. The minimum Gasteiger partial charge on any atom is -0.364 e. The van der Waals surface area contributed by atoms with Crippen molar-refractivity contribution in [2.75, 3.05) is 5.32 Å². The Hall–Kier alpha value is -3.07. The Labute approximate surface area is 191 Å². The predicted molar refractivity (Wildman–Crippen MR) is 115 cm³/mol. The lowest BCUT2D eigenvalue weighted by Gasteiger charge is -2.26. The number of H-pyrrole nitrogens is 1. The number of rotatable bonds is 4. The lowest BCUT2D eigenvalue weighted by Crippen LogP contribution is -2.40. The summed E-state index contributed by atoms with van der Waals surface area (Å²) in [5.41, 5.74) is 0.0700. The van der Waals surface area contributed by atoms with Gasteiger partial charge < -0.3 is 15.2 Å². The number of benzene rings is 1. The summed E-state index contributed by atoms with van der Waals surface area (Å²) in [6.45, 7) is 0. The maximum atomic E-state index is 14.7. The molecule has 2 aliphatic rings. The lowest BCUT2D eigenvalue weighted by atomic mass is 9.95. The molecule has 0 unspecified atom stereocenters. The van der Waals surface area contributed by atoms with Crippen LogP contribution in [0.1, 0.15) is 35.2 Å². The van der Waals surface area contributed by atoms with Gasteiger partial charge in [-0.1, -0.05) is 17.7 Å². The number of nitrogens with zero attached hydrogens (tertiary/aromatic N) is 2. The predicted octanol–water partition coefficient (Wildman–Crippen LogP) is 5.75. The number of alkyl halides is 3. The van der Waals surface area contributed by atoms with E-state index in [0.29, 0.717) is 12.1 Å². The van der Waals surface area contributed by atoms with Crippen molar-refractivity contribution < 1.29 is 22.4 Å². The minimum atomic E-state index is -4.54. The van der Waals surface area contributed by atoms with Crippen LogP contribution in [-0.4, -0.2) is 38.9 Å². The summed E-state index contributed by atoms with van der Waals surface area (Å²) in [5.74, 6) is -0.625. The van der Waals surface area contributed by atoms with E-state index in [2.05, 4.69) is 15.3 Å². The van der Waals surface area contributed by atoms with E-state index >= 15 is 0 Å². The first-order valence-electron chi connectivity index (χ1n) is 10.5. The molecule has 0 radical (unpaired) electrons. The molecule has 1 aromatic carbocycles. The van der Waals surface area contributed by atoms with E-state index < -0.39 is 17.6 Å². The van der Waals surface area contributed by atoms with Gasteiger partial charge in [0.15, 0.2) is 0 Å². The molecule has 2 bridgehead atoms. The van der Waals surface area contributed by atoms with Crippen LogP contribution < -0.4 is 5.32 Å². The second-order valence-electron chi connectivity index (χ2n) is 8.30. The maximum Gasteiger partial charge on any atom is 0.417 e. The molecule has 5 rings (SSSR count). The van der Waals surface area contributed by atoms with Crippen LogP contribution in [0.25, 0.3) is 11.3 Å². The van der Waals surface area contributed by atoms with Gasteiger partial charge >= 0.3 is 6.18 Å². The van der Waals surface area contributed by atoms with Crippen LogP contribution in [0, 0.1) is 5.82 Å². The summed E-state index contributed by atoms with van der Waals surface area (Å²) in [5, 5.41) is 2.99. The van der Waals surface area contributed by atoms with E-state index in [1.165, 1.54) is 12.1 Å². The Morgan fingerprint density at radius 3 is 2.73 bits per heavy atom. The average Bonchev–Trinajstić information content (AvgIpc) is 3.50. The third-order valence-corrected chi connectivity index (χ3v) is 6.66. The molecule has 4 heterocycles. The zero-order valence-corrected chi connectivity index (χ0v) is 17.9. The fraction of sp³-hybridized carbons (Fsp3) is 0.304. The highest BCUT2D eigenvalue weighted by molar-refractivity contribution is 6.33. The fourth-order valence-corrected chi connectivity index (χ4v) is 5.16. The first kappa shape index (κ1) is 21.8. The van der Waals surface area contributed by atoms with Gasteiger partial charge in [0.05, 0.1) is 22.2 Å². The number of halogens is 5. The van der Waals surface area contributed by atoms with Crippen molar-refractivity contribution in [2.45, 2.75) is 43.6 Å². The number of hydrogen-bond acceptors (Lipinski definition) is 3. The van der Waals surface area contributed by atoms with Gasteiger partial charge in [0.1, 0.15) is 11.6 Å². The molecule has 2 N–H and O–H groups in total. The number of amides is 1. The molecule has 0 saturated carbocycles. The number of nitrogens with one attached hydrogen (secondary N) is 2. The molecule has 1 amide bonds. The highest BCUT2D eigenvalue weighted by atomic mass is 35.5. The third-order valence-electron chi connectivity index (χ3n) is 6.37. The summed E-state index contributed by atoms with van der Waals surface area (Å²) >= 11 is 6.06. The minimum absolute atomic E-state index is 0.0621. The monoisotopic (exact) mass is 478 g/mol. The van der Waals surface area contributed by atoms with Gasteiger partial charge in [0.2, 0.25) is 0 Å². The van der Waals surface area contributed by atoms with Crippen LogP contribution in [0.15, 0.2) is 48.8 Å². The van der Waals surface area contributed by atoms with Gasteiger partial charge in [-0.05, 0) is 49.6 Å². The first-order chi connectivity index (χ1) is 15.7. The molecule has 0 spiro atoms. The van der Waals surface area contributed by atoms with Crippen LogP contribution >= 0.6 is 11.6 Å². The Kier molecular flexibility index (Phi) is 5.31. The van der Waals surface area contributed by atoms with Crippen LogP contribution in [0.3, 0.4) is 0 Å². The van der Waals surface area contributed by atoms with Gasteiger partial charge in [-0.2, -0.15) is 13.2 Å². The molecule has 2 aromatic heterocycles. The molecule has 0 aliphatic carbocycles. The molecule has 2 saturated heterocycles. The molecular weight excluding hydrogens is 460 g/mol. The van der Waals surface area contributed by atoms with E-state index in [0.717, 1.165) is 25.1 Å². The molecule has 3 aromatic rings. The smallest absolute Gasteiger partial charge is 0.364 e. The van der Waals surface area contributed by atoms with Crippen LogP contribution in [-0.2, 0) is 6.18 Å². The zero-order chi connectivity index (χ0) is 23.3. The molecule has 5 nitrogen and oxygen atoms in total. The van der Waals surface area contributed by atoms with Crippen molar-refractivity contribution in [3.8, 4) is 11.3 Å². The summed E-state index contributed by atoms with van der Waals surface area (Å²) in [7, 11) is 0. The van der Waals surface area contributed by atoms with Crippen molar-refractivity contribution in [3.05, 3.63) is 70.8 Å². The number of carbonyl (C=O) groups excluding carboxylic acids is 1. The van der Waals surface area contributed by atoms with Crippen LogP contribution in [0.5, 0.6) is 0 Å². The maximum absolute atomic E-state index is 14.7. The van der Waals surface area contributed by atoms with Gasteiger partial charge in [-0.15, -0.1) is 0 Å². The Morgan fingerprint density at radius 2 is 2.03 bits per heavy atom. The van der Waals surface area contributed by atoms with Crippen molar-refractivity contribution in [3.63, 3.8) is 0 Å². The van der Waals surface area contributed by atoms with Gasteiger partial charge in [-0.3, -0.25) is 4.79 Å². The van der Waals surface area contributed by atoms with E-state index in [4.69, 9.17) is 11.6 Å². The molecule has 172 valence electrons. The summed E-state index contributed by atoms with van der Waals surface area (Å²) in [4.78, 5) is 22.1. The van der Waals surface area contributed by atoms with Crippen LogP contribution in [0.2, 0.25) is 5.02 Å². The number of aromatic nitrogens is 2. The topological polar surface area (TPSA) is 61.0 Å². The summed E-state index contributed by atoms with van der Waals surface area (Å²) < 4.78 is 53.4. The largest absolute Gasteiger partial charge is 0.417 e. The van der Waals surface area contributed by atoms with E-state index in [-0.39, 0.29) is 46.0 Å². The van der Waals surface area contributed by atoms with Gasteiger partial charge in [-0.25, -0.2) is 9.37 Å². The SMILES string of the molecule is O=C(c1cccc(F)c1-c1ccc[nH]1)N1[C@@H]2CC[C@H]1[C@H](Nc1ncc(C(F)(F)F)cc1Cl)C2. The average molecular weight is 479 g/mol. The summed E-state index contributed by atoms with van der Waals surface area (Å²) in [6.07, 6.45) is -0.0132. The summed E-state index contributed by atoms with van der Waals surface area (Å²) in [6, 6.07) is 8.21. The molecule has 10 heteroatoms. The van der Waals surface area contributed by atoms with E-state index in [1.807, 2.05) is 0 Å². The van der Waals surface area contributed by atoms with Gasteiger partial charge in [0.25, 0.3) is 5.91 Å². The van der Waals surface area contributed by atoms with E-state index in [9.17, 15) is 22.4 Å². The first-order valence-corrected chi connectivity index (χ1v) is 10.9. The van der Waals surface area contributed by atoms with Crippen LogP contribution in [0.4, 0.5) is 23.4 Å². The van der Waals surface area contributed by atoms with Crippen molar-refractivity contribution in [1.29, 1.82) is 0 Å². The Bertz CT molecular complexity index is 1200. The Morgan fingerprint density at radius 1 is 1.21 bits per heavy atom. The van der Waals surface area contributed by atoms with Crippen molar-refractivity contribution in [1.82, 2.24) is 14.9 Å². The number of carbonyl (C=O) groups is 1. The second-order valence-corrected chi connectivity index (χ2v) is 8.70. The van der Waals surface area contributed by atoms with Crippen molar-refractivity contribution >= 4 is 23.3 Å². The quantitative estimate of drug-likeness (QED) is 0.470. The molecule has 2 fully saturated rings. The number of anilines is 1. The third kappa shape index (κ3) is 3.84. The highest BCUT2D eigenvalue weighted by Crippen LogP contribution is 2.42. The van der Waals surface area contributed by atoms with E-state index in [1.54, 1.807) is 29.3 Å². The standard InChI is InChI=1S/C23H19ClF4N4O/c24-15-9-12(23(26,27)28)11-30-21(15)31-18-10-13-6-7-19(18)32(13)22(33)14-3-1-4-16(25)20(14)17-5-2-8-29-17/h1-5,8-9,11,13,18-19,29H,6-7,10H2,(H,30,31)/t13-,18-,19+/m1/s1. The number of fused-ring (bicyclic) bond motifs is 2. The lowest BCUT2D eigenvalue weighted by molar-refractivity contribution is -0.137. The highest BCUT2D eigenvalue weighted by Gasteiger charge is 2.49. The Balaban J connectivity index is 1.40. The van der Waals surface area contributed by atoms with Gasteiger partial charge in [0, 0.05) is 35.7 Å². The number of pyridine rings is 1. The van der Waals surface area contributed by atoms with Crippen molar-refractivity contribution in [2.24, 2.45) is 0 Å². The normalized spacial score (nSPS) is 22.1.